The third kappa shape index (κ3) is 3.56. The number of hydrogen-bond acceptors (Lipinski definition) is 8. The molecule has 1 saturated carbocycles. The molecule has 2 aromatic rings. The standard InChI is InChI=1S/C24H30N8O2/c33-21-24(7-8-26-21)13-16-14-28-23(30-20(16)32(22(24)34)17-3-1-2-4-17)29-19-6-5-18(15-27-19)31-11-9-25-10-12-31/h5-6,14-15,17,25H,1-4,7-13H2,(H,26,33)(H,27,28,29,30)/t24-/m1/s1. The topological polar surface area (TPSA) is 115 Å². The monoisotopic (exact) mass is 462 g/mol. The smallest absolute Gasteiger partial charge is 0.244 e. The van der Waals surface area contributed by atoms with E-state index in [1.165, 1.54) is 0 Å². The lowest BCUT2D eigenvalue weighted by Crippen LogP contribution is -2.56. The molecule has 178 valence electrons. The zero-order valence-electron chi connectivity index (χ0n) is 19.2. The van der Waals surface area contributed by atoms with E-state index in [0.29, 0.717) is 37.0 Å². The molecule has 1 atom stereocenters. The number of rotatable bonds is 4. The molecule has 0 aromatic carbocycles. The van der Waals surface area contributed by atoms with E-state index in [1.807, 2.05) is 17.2 Å². The van der Waals surface area contributed by atoms with Gasteiger partial charge in [0, 0.05) is 56.9 Å². The van der Waals surface area contributed by atoms with Crippen LogP contribution in [0.4, 0.5) is 23.3 Å². The van der Waals surface area contributed by atoms with E-state index in [-0.39, 0.29) is 17.9 Å². The summed E-state index contributed by atoms with van der Waals surface area (Å²) in [5.41, 5.74) is 0.933. The molecule has 3 fully saturated rings. The highest BCUT2D eigenvalue weighted by Crippen LogP contribution is 2.44. The SMILES string of the molecule is O=C1NCC[C@@]12Cc1cnc(Nc3ccc(N4CCNCC4)cn3)nc1N(C1CCCC1)C2=O. The van der Waals surface area contributed by atoms with Crippen molar-refractivity contribution in [2.75, 3.05) is 47.8 Å². The number of carbonyl (C=O) groups is 2. The molecule has 10 heteroatoms. The number of piperazine rings is 1. The maximum Gasteiger partial charge on any atom is 0.244 e. The number of hydrogen-bond donors (Lipinski definition) is 3. The third-order valence-electron chi connectivity index (χ3n) is 7.62. The molecule has 2 saturated heterocycles. The summed E-state index contributed by atoms with van der Waals surface area (Å²) in [5, 5.41) is 9.43. The summed E-state index contributed by atoms with van der Waals surface area (Å²) in [6.07, 6.45) is 8.55. The molecular formula is C24H30N8O2. The molecule has 0 radical (unpaired) electrons. The van der Waals surface area contributed by atoms with Crippen LogP contribution >= 0.6 is 0 Å². The first kappa shape index (κ1) is 21.3. The number of amides is 2. The van der Waals surface area contributed by atoms with Gasteiger partial charge in [-0.2, -0.15) is 4.98 Å². The Morgan fingerprint density at radius 1 is 1.03 bits per heavy atom. The zero-order valence-corrected chi connectivity index (χ0v) is 19.2. The van der Waals surface area contributed by atoms with Crippen molar-refractivity contribution >= 4 is 35.1 Å². The highest BCUT2D eigenvalue weighted by molar-refractivity contribution is 6.14. The van der Waals surface area contributed by atoms with Crippen LogP contribution < -0.4 is 25.8 Å². The number of fused-ring (bicyclic) bond motifs is 1. The number of nitrogens with one attached hydrogen (secondary N) is 3. The molecule has 34 heavy (non-hydrogen) atoms. The molecule has 6 rings (SSSR count). The van der Waals surface area contributed by atoms with Crippen molar-refractivity contribution in [1.82, 2.24) is 25.6 Å². The van der Waals surface area contributed by atoms with Crippen molar-refractivity contribution in [2.24, 2.45) is 5.41 Å². The summed E-state index contributed by atoms with van der Waals surface area (Å²) in [6, 6.07) is 4.06. The molecule has 3 N–H and O–H groups in total. The summed E-state index contributed by atoms with van der Waals surface area (Å²) in [7, 11) is 0. The number of carbonyl (C=O) groups excluding carboxylic acids is 2. The van der Waals surface area contributed by atoms with E-state index in [0.717, 1.165) is 63.1 Å². The van der Waals surface area contributed by atoms with E-state index in [2.05, 4.69) is 36.9 Å². The lowest BCUT2D eigenvalue weighted by atomic mass is 9.76. The van der Waals surface area contributed by atoms with E-state index in [1.54, 1.807) is 6.20 Å². The second-order valence-corrected chi connectivity index (χ2v) is 9.68. The van der Waals surface area contributed by atoms with Crippen molar-refractivity contribution in [3.63, 3.8) is 0 Å². The molecule has 2 amide bonds. The fraction of sp³-hybridized carbons (Fsp3) is 0.542. The van der Waals surface area contributed by atoms with Crippen LogP contribution in [0.15, 0.2) is 24.5 Å². The van der Waals surface area contributed by atoms with Gasteiger partial charge in [-0.1, -0.05) is 12.8 Å². The highest BCUT2D eigenvalue weighted by Gasteiger charge is 2.56. The van der Waals surface area contributed by atoms with Crippen LogP contribution in [0.5, 0.6) is 0 Å². The van der Waals surface area contributed by atoms with E-state index >= 15 is 0 Å². The van der Waals surface area contributed by atoms with Crippen molar-refractivity contribution in [3.8, 4) is 0 Å². The lowest BCUT2D eigenvalue weighted by molar-refractivity contribution is -0.140. The second kappa shape index (κ2) is 8.50. The van der Waals surface area contributed by atoms with Gasteiger partial charge in [0.1, 0.15) is 17.1 Å². The molecule has 0 unspecified atom stereocenters. The van der Waals surface area contributed by atoms with Crippen LogP contribution in [0.25, 0.3) is 0 Å². The minimum Gasteiger partial charge on any atom is -0.368 e. The minimum absolute atomic E-state index is 0.0796. The maximum atomic E-state index is 13.7. The van der Waals surface area contributed by atoms with Gasteiger partial charge in [0.2, 0.25) is 17.8 Å². The number of anilines is 4. The van der Waals surface area contributed by atoms with Crippen LogP contribution in [0, 0.1) is 5.41 Å². The first-order valence-corrected chi connectivity index (χ1v) is 12.3. The average Bonchev–Trinajstić information content (AvgIpc) is 3.52. The molecule has 1 spiro atoms. The van der Waals surface area contributed by atoms with Gasteiger partial charge >= 0.3 is 0 Å². The van der Waals surface area contributed by atoms with Gasteiger partial charge < -0.3 is 20.9 Å². The van der Waals surface area contributed by atoms with Crippen LogP contribution in [-0.4, -0.2) is 65.5 Å². The van der Waals surface area contributed by atoms with Crippen LogP contribution in [0.3, 0.4) is 0 Å². The molecule has 3 aliphatic heterocycles. The molecule has 1 aliphatic carbocycles. The molecule has 0 bridgehead atoms. The molecule has 4 aliphatic rings. The maximum absolute atomic E-state index is 13.7. The van der Waals surface area contributed by atoms with Gasteiger partial charge in [-0.25, -0.2) is 9.97 Å². The number of nitrogens with zero attached hydrogens (tertiary/aromatic N) is 5. The molecule has 2 aromatic heterocycles. The van der Waals surface area contributed by atoms with Gasteiger partial charge in [-0.3, -0.25) is 14.5 Å². The number of aromatic nitrogens is 3. The Labute approximate surface area is 198 Å². The van der Waals surface area contributed by atoms with E-state index in [4.69, 9.17) is 4.98 Å². The Bertz CT molecular complexity index is 1090. The molecule has 10 nitrogen and oxygen atoms in total. The quantitative estimate of drug-likeness (QED) is 0.584. The minimum atomic E-state index is -1.02. The van der Waals surface area contributed by atoms with E-state index in [9.17, 15) is 9.59 Å². The molecular weight excluding hydrogens is 432 g/mol. The van der Waals surface area contributed by atoms with Crippen LogP contribution in [-0.2, 0) is 16.0 Å². The van der Waals surface area contributed by atoms with Crippen LogP contribution in [0.1, 0.15) is 37.7 Å². The van der Waals surface area contributed by atoms with Gasteiger partial charge in [0.25, 0.3) is 0 Å². The Morgan fingerprint density at radius 3 is 2.56 bits per heavy atom. The first-order valence-electron chi connectivity index (χ1n) is 12.3. The van der Waals surface area contributed by atoms with Gasteiger partial charge in [-0.15, -0.1) is 0 Å². The number of pyridine rings is 1. The van der Waals surface area contributed by atoms with Gasteiger partial charge in [0.05, 0.1) is 11.9 Å². The van der Waals surface area contributed by atoms with Gasteiger partial charge in [0.15, 0.2) is 0 Å². The average molecular weight is 463 g/mol. The Balaban J connectivity index is 1.28. The van der Waals surface area contributed by atoms with Crippen molar-refractivity contribution in [3.05, 3.63) is 30.1 Å². The molecule has 5 heterocycles. The van der Waals surface area contributed by atoms with Crippen molar-refractivity contribution < 1.29 is 9.59 Å². The van der Waals surface area contributed by atoms with Crippen molar-refractivity contribution in [1.29, 1.82) is 0 Å². The zero-order chi connectivity index (χ0) is 23.1. The Kier molecular flexibility index (Phi) is 5.32. The van der Waals surface area contributed by atoms with Crippen LogP contribution in [0.2, 0.25) is 0 Å². The highest BCUT2D eigenvalue weighted by atomic mass is 16.2. The Morgan fingerprint density at radius 2 is 1.85 bits per heavy atom. The largest absolute Gasteiger partial charge is 0.368 e. The summed E-state index contributed by atoms with van der Waals surface area (Å²) in [6.45, 7) is 4.42. The third-order valence-corrected chi connectivity index (χ3v) is 7.62. The van der Waals surface area contributed by atoms with E-state index < -0.39 is 5.41 Å². The second-order valence-electron chi connectivity index (χ2n) is 9.68. The first-order chi connectivity index (χ1) is 16.6. The summed E-state index contributed by atoms with van der Waals surface area (Å²) in [5.74, 6) is 1.42. The summed E-state index contributed by atoms with van der Waals surface area (Å²) < 4.78 is 0. The predicted octanol–water partition coefficient (Wildman–Crippen LogP) is 1.36. The van der Waals surface area contributed by atoms with Gasteiger partial charge in [-0.05, 0) is 31.4 Å². The fourth-order valence-electron chi connectivity index (χ4n) is 5.75. The summed E-state index contributed by atoms with van der Waals surface area (Å²) in [4.78, 5) is 44.4. The normalized spacial score (nSPS) is 25.1. The predicted molar refractivity (Wildman–Crippen MR) is 128 cm³/mol. The summed E-state index contributed by atoms with van der Waals surface area (Å²) >= 11 is 0. The fourth-order valence-corrected chi connectivity index (χ4v) is 5.75. The van der Waals surface area contributed by atoms with Crippen molar-refractivity contribution in [2.45, 2.75) is 44.6 Å². The Hall–Kier alpha value is -3.27. The lowest BCUT2D eigenvalue weighted by Gasteiger charge is -2.40.